The summed E-state index contributed by atoms with van der Waals surface area (Å²) < 4.78 is 5.98. The average Bonchev–Trinajstić information content (AvgIpc) is 2.63. The molecule has 0 aliphatic heterocycles. The Morgan fingerprint density at radius 3 is 2.52 bits per heavy atom. The summed E-state index contributed by atoms with van der Waals surface area (Å²) in [7, 11) is 1.54. The Kier molecular flexibility index (Phi) is 5.36. The second-order valence-corrected chi connectivity index (χ2v) is 6.57. The number of nitrogens with one attached hydrogen (secondary N) is 1. The first-order chi connectivity index (χ1) is 12.1. The number of ether oxygens (including phenoxy) is 1. The van der Waals surface area contributed by atoms with Gasteiger partial charge in [-0.2, -0.15) is 0 Å². The molecule has 1 N–H and O–H groups in total. The summed E-state index contributed by atoms with van der Waals surface area (Å²) in [6, 6.07) is 16.4. The molecule has 0 radical (unpaired) electrons. The number of carbonyl (C=O) groups is 1. The minimum atomic E-state index is -0.234. The first-order valence-electron chi connectivity index (χ1n) is 7.44. The minimum Gasteiger partial charge on any atom is -0.481 e. The van der Waals surface area contributed by atoms with Crippen LogP contribution in [-0.2, 0) is 0 Å². The van der Waals surface area contributed by atoms with Crippen molar-refractivity contribution in [1.82, 2.24) is 4.98 Å². The number of hydrogen-bond donors (Lipinski definition) is 1. The molecule has 6 heteroatoms. The Labute approximate surface area is 158 Å². The molecule has 25 heavy (non-hydrogen) atoms. The Bertz CT molecular complexity index is 896. The van der Waals surface area contributed by atoms with Crippen LogP contribution in [0.15, 0.2) is 65.3 Å². The minimum absolute atomic E-state index is 0.234. The number of carbonyl (C=O) groups excluding carboxylic acids is 1. The van der Waals surface area contributed by atoms with Gasteiger partial charge in [0.25, 0.3) is 5.91 Å². The Morgan fingerprint density at radius 1 is 1.12 bits per heavy atom. The number of methoxy groups -OCH3 is 1. The van der Waals surface area contributed by atoms with E-state index in [-0.39, 0.29) is 5.91 Å². The lowest BCUT2D eigenvalue weighted by atomic mass is 10.0. The van der Waals surface area contributed by atoms with Crippen LogP contribution in [0.1, 0.15) is 10.4 Å². The van der Waals surface area contributed by atoms with E-state index in [2.05, 4.69) is 26.2 Å². The van der Waals surface area contributed by atoms with Crippen molar-refractivity contribution in [3.05, 3.63) is 75.9 Å². The van der Waals surface area contributed by atoms with Gasteiger partial charge in [0, 0.05) is 26.7 Å². The van der Waals surface area contributed by atoms with Gasteiger partial charge >= 0.3 is 0 Å². The molecule has 1 heterocycles. The Morgan fingerprint density at radius 2 is 1.88 bits per heavy atom. The van der Waals surface area contributed by atoms with E-state index in [9.17, 15) is 4.79 Å². The lowest BCUT2D eigenvalue weighted by Crippen LogP contribution is -2.12. The molecule has 0 spiro atoms. The molecule has 3 aromatic rings. The molecule has 0 bridgehead atoms. The lowest BCUT2D eigenvalue weighted by molar-refractivity contribution is 0.102. The van der Waals surface area contributed by atoms with E-state index in [0.717, 1.165) is 15.6 Å². The number of halogens is 2. The van der Waals surface area contributed by atoms with Gasteiger partial charge in [0.05, 0.1) is 19.0 Å². The van der Waals surface area contributed by atoms with Crippen molar-refractivity contribution < 1.29 is 9.53 Å². The van der Waals surface area contributed by atoms with Gasteiger partial charge in [-0.3, -0.25) is 4.79 Å². The molecule has 1 aromatic heterocycles. The van der Waals surface area contributed by atoms with Gasteiger partial charge in [0.15, 0.2) is 0 Å². The second-order valence-electron chi connectivity index (χ2n) is 5.24. The van der Waals surface area contributed by atoms with E-state index in [4.69, 9.17) is 16.3 Å². The first-order valence-corrected chi connectivity index (χ1v) is 8.61. The number of nitrogens with zero attached hydrogens (tertiary/aromatic N) is 1. The van der Waals surface area contributed by atoms with Gasteiger partial charge in [0.1, 0.15) is 0 Å². The van der Waals surface area contributed by atoms with E-state index in [1.165, 1.54) is 7.11 Å². The summed E-state index contributed by atoms with van der Waals surface area (Å²) in [6.07, 6.45) is 1.54. The van der Waals surface area contributed by atoms with Crippen LogP contribution < -0.4 is 10.1 Å². The van der Waals surface area contributed by atoms with Crippen molar-refractivity contribution in [2.45, 2.75) is 0 Å². The fraction of sp³-hybridized carbons (Fsp3) is 0.0526. The number of amides is 1. The van der Waals surface area contributed by atoms with E-state index in [1.54, 1.807) is 36.5 Å². The molecular formula is C19H14BrClN2O2. The van der Waals surface area contributed by atoms with Crippen molar-refractivity contribution in [3.8, 4) is 17.0 Å². The molecule has 0 saturated carbocycles. The zero-order valence-electron chi connectivity index (χ0n) is 13.3. The third kappa shape index (κ3) is 4.18. The van der Waals surface area contributed by atoms with E-state index in [1.807, 2.05) is 24.3 Å². The third-order valence-electron chi connectivity index (χ3n) is 3.59. The number of anilines is 1. The number of hydrogen-bond acceptors (Lipinski definition) is 3. The first kappa shape index (κ1) is 17.5. The molecule has 0 aliphatic rings. The molecule has 0 unspecified atom stereocenters. The maximum atomic E-state index is 12.5. The number of pyridine rings is 1. The van der Waals surface area contributed by atoms with Gasteiger partial charge in [-0.05, 0) is 42.0 Å². The maximum Gasteiger partial charge on any atom is 0.255 e. The lowest BCUT2D eigenvalue weighted by Gasteiger charge is -2.09. The van der Waals surface area contributed by atoms with Crippen LogP contribution in [0.3, 0.4) is 0 Å². The van der Waals surface area contributed by atoms with Crippen molar-refractivity contribution in [2.24, 2.45) is 0 Å². The van der Waals surface area contributed by atoms with Gasteiger partial charge in [-0.1, -0.05) is 39.7 Å². The van der Waals surface area contributed by atoms with Gasteiger partial charge < -0.3 is 10.1 Å². The van der Waals surface area contributed by atoms with Crippen LogP contribution in [0.4, 0.5) is 5.69 Å². The highest BCUT2D eigenvalue weighted by Gasteiger charge is 2.11. The zero-order chi connectivity index (χ0) is 17.8. The average molecular weight is 418 g/mol. The van der Waals surface area contributed by atoms with Crippen LogP contribution in [-0.4, -0.2) is 18.0 Å². The zero-order valence-corrected chi connectivity index (χ0v) is 15.6. The Balaban J connectivity index is 1.85. The van der Waals surface area contributed by atoms with Crippen molar-refractivity contribution in [3.63, 3.8) is 0 Å². The van der Waals surface area contributed by atoms with Crippen LogP contribution in [0.2, 0.25) is 5.02 Å². The maximum absolute atomic E-state index is 12.5. The predicted octanol–water partition coefficient (Wildman–Crippen LogP) is 5.43. The summed E-state index contributed by atoms with van der Waals surface area (Å²) in [5, 5.41) is 3.40. The number of aromatic nitrogens is 1. The summed E-state index contributed by atoms with van der Waals surface area (Å²) in [5.74, 6) is 0.254. The summed E-state index contributed by atoms with van der Waals surface area (Å²) in [6.45, 7) is 0. The van der Waals surface area contributed by atoms with Crippen LogP contribution >= 0.6 is 27.5 Å². The highest BCUT2D eigenvalue weighted by Crippen LogP contribution is 2.30. The Hall–Kier alpha value is -2.37. The molecular weight excluding hydrogens is 404 g/mol. The molecule has 0 atom stereocenters. The normalized spacial score (nSPS) is 10.4. The highest BCUT2D eigenvalue weighted by molar-refractivity contribution is 9.10. The molecule has 1 amide bonds. The number of benzene rings is 2. The predicted molar refractivity (Wildman–Crippen MR) is 103 cm³/mol. The second kappa shape index (κ2) is 7.68. The third-order valence-corrected chi connectivity index (χ3v) is 4.45. The topological polar surface area (TPSA) is 51.2 Å². The largest absolute Gasteiger partial charge is 0.481 e. The monoisotopic (exact) mass is 416 g/mol. The summed E-state index contributed by atoms with van der Waals surface area (Å²) >= 11 is 9.71. The SMILES string of the molecule is COc1ccc(NC(=O)c2ccc(Cl)c(-c3ccc(Br)cc3)c2)cn1. The van der Waals surface area contributed by atoms with Gasteiger partial charge in [-0.25, -0.2) is 4.98 Å². The van der Waals surface area contributed by atoms with E-state index >= 15 is 0 Å². The van der Waals surface area contributed by atoms with Gasteiger partial charge in [0.2, 0.25) is 5.88 Å². The molecule has 0 aliphatic carbocycles. The van der Waals surface area contributed by atoms with Gasteiger partial charge in [-0.15, -0.1) is 0 Å². The van der Waals surface area contributed by atoms with Crippen LogP contribution in [0, 0.1) is 0 Å². The molecule has 3 rings (SSSR count). The van der Waals surface area contributed by atoms with E-state index in [0.29, 0.717) is 22.2 Å². The smallest absolute Gasteiger partial charge is 0.255 e. The standard InChI is InChI=1S/C19H14BrClN2O2/c1-25-18-9-7-15(11-22-18)23-19(24)13-4-8-17(21)16(10-13)12-2-5-14(20)6-3-12/h2-11H,1H3,(H,23,24). The molecule has 0 saturated heterocycles. The van der Waals surface area contributed by atoms with Crippen molar-refractivity contribution in [1.29, 1.82) is 0 Å². The molecule has 4 nitrogen and oxygen atoms in total. The van der Waals surface area contributed by atoms with E-state index < -0.39 is 0 Å². The highest BCUT2D eigenvalue weighted by atomic mass is 79.9. The fourth-order valence-corrected chi connectivity index (χ4v) is 2.79. The molecule has 0 fully saturated rings. The van der Waals surface area contributed by atoms with Crippen LogP contribution in [0.25, 0.3) is 11.1 Å². The van der Waals surface area contributed by atoms with Crippen molar-refractivity contribution in [2.75, 3.05) is 12.4 Å². The van der Waals surface area contributed by atoms with Crippen LogP contribution in [0.5, 0.6) is 5.88 Å². The van der Waals surface area contributed by atoms with Crippen molar-refractivity contribution >= 4 is 39.1 Å². The number of rotatable bonds is 4. The molecule has 126 valence electrons. The molecule has 2 aromatic carbocycles. The summed E-state index contributed by atoms with van der Waals surface area (Å²) in [4.78, 5) is 16.6. The fourth-order valence-electron chi connectivity index (χ4n) is 2.30. The summed E-state index contributed by atoms with van der Waals surface area (Å²) in [5.41, 5.74) is 2.84. The quantitative estimate of drug-likeness (QED) is 0.616.